The quantitative estimate of drug-likeness (QED) is 0.847. The molecule has 114 valence electrons. The van der Waals surface area contributed by atoms with E-state index in [1.54, 1.807) is 0 Å². The molecule has 1 aliphatic heterocycles. The molecule has 1 aromatic heterocycles. The Morgan fingerprint density at radius 1 is 1.50 bits per heavy atom. The molecular weight excluding hydrogens is 320 g/mol. The minimum absolute atomic E-state index is 0.0281. The van der Waals surface area contributed by atoms with Crippen LogP contribution in [0.4, 0.5) is 0 Å². The van der Waals surface area contributed by atoms with E-state index in [0.29, 0.717) is 17.9 Å². The molecule has 2 heterocycles. The van der Waals surface area contributed by atoms with Gasteiger partial charge in [0.2, 0.25) is 10.0 Å². The first-order chi connectivity index (χ1) is 9.11. The number of rotatable bonds is 4. The number of hydrogen-bond acceptors (Lipinski definition) is 6. The molecule has 6 nitrogen and oxygen atoms in total. The number of sulfonamides is 1. The average Bonchev–Trinajstić information content (AvgIpc) is 2.73. The van der Waals surface area contributed by atoms with Gasteiger partial charge >= 0.3 is 0 Å². The summed E-state index contributed by atoms with van der Waals surface area (Å²) >= 11 is 0.746. The van der Waals surface area contributed by atoms with Gasteiger partial charge in [-0.1, -0.05) is 13.8 Å². The van der Waals surface area contributed by atoms with Gasteiger partial charge < -0.3 is 5.32 Å². The van der Waals surface area contributed by atoms with E-state index < -0.39 is 19.9 Å². The van der Waals surface area contributed by atoms with Crippen LogP contribution in [0, 0.1) is 5.92 Å². The van der Waals surface area contributed by atoms with E-state index in [1.165, 1.54) is 6.07 Å². The lowest BCUT2D eigenvalue weighted by atomic mass is 10.1. The highest BCUT2D eigenvalue weighted by Gasteiger charge is 2.34. The van der Waals surface area contributed by atoms with E-state index in [4.69, 9.17) is 5.14 Å². The van der Waals surface area contributed by atoms with Gasteiger partial charge in [-0.15, -0.1) is 11.3 Å². The highest BCUT2D eigenvalue weighted by atomic mass is 32.3. The molecule has 0 fully saturated rings. The molecule has 1 atom stereocenters. The van der Waals surface area contributed by atoms with Crippen LogP contribution >= 0.6 is 11.3 Å². The van der Waals surface area contributed by atoms with Gasteiger partial charge in [-0.05, 0) is 24.9 Å². The van der Waals surface area contributed by atoms with E-state index in [9.17, 15) is 16.8 Å². The number of nitrogens with two attached hydrogens (primary N) is 1. The van der Waals surface area contributed by atoms with Crippen molar-refractivity contribution in [2.24, 2.45) is 11.1 Å². The fourth-order valence-electron chi connectivity index (χ4n) is 2.10. The maximum absolute atomic E-state index is 12.0. The Labute approximate surface area is 123 Å². The minimum Gasteiger partial charge on any atom is -0.310 e. The monoisotopic (exact) mass is 338 g/mol. The Hall–Kier alpha value is -0.480. The van der Waals surface area contributed by atoms with Crippen molar-refractivity contribution in [2.45, 2.75) is 34.7 Å². The lowest BCUT2D eigenvalue weighted by Gasteiger charge is -2.24. The van der Waals surface area contributed by atoms with Crippen LogP contribution in [0.1, 0.15) is 31.9 Å². The van der Waals surface area contributed by atoms with Crippen molar-refractivity contribution in [1.29, 1.82) is 0 Å². The average molecular weight is 338 g/mol. The van der Waals surface area contributed by atoms with Crippen molar-refractivity contribution < 1.29 is 16.8 Å². The molecule has 0 bridgehead atoms. The Morgan fingerprint density at radius 2 is 2.15 bits per heavy atom. The zero-order valence-electron chi connectivity index (χ0n) is 11.3. The van der Waals surface area contributed by atoms with E-state index >= 15 is 0 Å². The highest BCUT2D eigenvalue weighted by Crippen LogP contribution is 2.39. The molecule has 0 aliphatic carbocycles. The number of nitrogens with one attached hydrogen (secondary N) is 1. The summed E-state index contributed by atoms with van der Waals surface area (Å²) < 4.78 is 46.9. The molecule has 0 radical (unpaired) electrons. The third-order valence-corrected chi connectivity index (χ3v) is 8.04. The summed E-state index contributed by atoms with van der Waals surface area (Å²) in [6.45, 7) is 4.85. The Bertz CT molecular complexity index is 704. The van der Waals surface area contributed by atoms with E-state index in [0.717, 1.165) is 17.9 Å². The molecule has 1 aromatic rings. The lowest BCUT2D eigenvalue weighted by molar-refractivity contribution is 0.453. The maximum Gasteiger partial charge on any atom is 0.247 e. The van der Waals surface area contributed by atoms with Crippen molar-refractivity contribution >= 4 is 31.2 Å². The lowest BCUT2D eigenvalue weighted by Crippen LogP contribution is -2.30. The van der Waals surface area contributed by atoms with Crippen LogP contribution in [-0.4, -0.2) is 29.1 Å². The van der Waals surface area contributed by atoms with Crippen molar-refractivity contribution in [3.05, 3.63) is 11.6 Å². The fraction of sp³-hybridized carbons (Fsp3) is 0.636. The maximum atomic E-state index is 12.0. The zero-order valence-corrected chi connectivity index (χ0v) is 13.7. The van der Waals surface area contributed by atoms with Crippen molar-refractivity contribution in [2.75, 3.05) is 12.3 Å². The van der Waals surface area contributed by atoms with Crippen molar-refractivity contribution in [3.8, 4) is 0 Å². The van der Waals surface area contributed by atoms with Crippen molar-refractivity contribution in [1.82, 2.24) is 5.32 Å². The second-order valence-corrected chi connectivity index (χ2v) is 10.5. The topological polar surface area (TPSA) is 106 Å². The predicted molar refractivity (Wildman–Crippen MR) is 77.9 cm³/mol. The molecular formula is C11H18N2O4S3. The largest absolute Gasteiger partial charge is 0.310 e. The van der Waals surface area contributed by atoms with Gasteiger partial charge in [-0.2, -0.15) is 0 Å². The molecule has 3 N–H and O–H groups in total. The summed E-state index contributed by atoms with van der Waals surface area (Å²) in [5.74, 6) is 0.452. The van der Waals surface area contributed by atoms with Crippen LogP contribution in [0.5, 0.6) is 0 Å². The first-order valence-electron chi connectivity index (χ1n) is 6.24. The molecule has 0 amide bonds. The molecule has 9 heteroatoms. The van der Waals surface area contributed by atoms with Gasteiger partial charge in [-0.3, -0.25) is 0 Å². The van der Waals surface area contributed by atoms with Crippen LogP contribution in [0.25, 0.3) is 0 Å². The van der Waals surface area contributed by atoms with Gasteiger partial charge in [0.15, 0.2) is 9.84 Å². The van der Waals surface area contributed by atoms with Gasteiger partial charge in [0.25, 0.3) is 0 Å². The molecule has 1 aliphatic rings. The molecule has 0 unspecified atom stereocenters. The fourth-order valence-corrected chi connectivity index (χ4v) is 6.27. The summed E-state index contributed by atoms with van der Waals surface area (Å²) in [5, 5.41) is 8.38. The normalized spacial score (nSPS) is 21.9. The number of hydrogen-bond donors (Lipinski definition) is 2. The van der Waals surface area contributed by atoms with Crippen LogP contribution in [0.2, 0.25) is 0 Å². The molecule has 0 spiro atoms. The standard InChI is InChI=1S/C11H18N2O4S3/c1-7(2)6-13-9-3-4-19(14,15)11-8(9)5-10(18-11)20(12,16)17/h5,7,9,13H,3-4,6H2,1-2H3,(H2,12,16,17)/t9-/m0/s1. The van der Waals surface area contributed by atoms with E-state index in [1.807, 2.05) is 0 Å². The Morgan fingerprint density at radius 3 is 2.70 bits per heavy atom. The number of sulfone groups is 1. The van der Waals surface area contributed by atoms with Gasteiger partial charge in [0.05, 0.1) is 5.75 Å². The first kappa shape index (κ1) is 15.9. The first-order valence-corrected chi connectivity index (χ1v) is 10.3. The minimum atomic E-state index is -3.88. The second-order valence-electron chi connectivity index (χ2n) is 5.32. The van der Waals surface area contributed by atoms with Crippen LogP contribution < -0.4 is 10.5 Å². The summed E-state index contributed by atoms with van der Waals surface area (Å²) in [6, 6.07) is 1.26. The zero-order chi connectivity index (χ0) is 15.1. The number of fused-ring (bicyclic) bond motifs is 1. The summed E-state index contributed by atoms with van der Waals surface area (Å²) in [7, 11) is -7.27. The van der Waals surface area contributed by atoms with Gasteiger partial charge in [0, 0.05) is 11.6 Å². The van der Waals surface area contributed by atoms with Crippen LogP contribution in [-0.2, 0) is 19.9 Å². The number of thiophene rings is 1. The third kappa shape index (κ3) is 3.22. The Kier molecular flexibility index (Phi) is 4.27. The molecule has 0 aromatic carbocycles. The summed E-state index contributed by atoms with van der Waals surface area (Å²) in [4.78, 5) is 0. The molecule has 20 heavy (non-hydrogen) atoms. The van der Waals surface area contributed by atoms with Gasteiger partial charge in [0.1, 0.15) is 8.42 Å². The summed E-state index contributed by atoms with van der Waals surface area (Å²) in [5.41, 5.74) is 0.533. The van der Waals surface area contributed by atoms with Crippen LogP contribution in [0.3, 0.4) is 0 Å². The number of primary sulfonamides is 1. The molecule has 0 saturated carbocycles. The molecule has 2 rings (SSSR count). The SMILES string of the molecule is CC(C)CN[C@H]1CCS(=O)(=O)c2sc(S(N)(=O)=O)cc21. The van der Waals surface area contributed by atoms with Crippen LogP contribution in [0.15, 0.2) is 14.5 Å². The smallest absolute Gasteiger partial charge is 0.247 e. The molecule has 0 saturated heterocycles. The van der Waals surface area contributed by atoms with Gasteiger partial charge in [-0.25, -0.2) is 22.0 Å². The summed E-state index contributed by atoms with van der Waals surface area (Å²) in [6.07, 6.45) is 0.447. The van der Waals surface area contributed by atoms with E-state index in [2.05, 4.69) is 19.2 Å². The highest BCUT2D eigenvalue weighted by molar-refractivity contribution is 7.95. The predicted octanol–water partition coefficient (Wildman–Crippen LogP) is 0.860. The van der Waals surface area contributed by atoms with E-state index in [-0.39, 0.29) is 20.2 Å². The van der Waals surface area contributed by atoms with Crippen molar-refractivity contribution in [3.63, 3.8) is 0 Å². The second kappa shape index (κ2) is 5.38. The third-order valence-electron chi connectivity index (χ3n) is 3.09. The Balaban J connectivity index is 2.44.